The average Bonchev–Trinajstić information content (AvgIpc) is 3.22. The zero-order valence-corrected chi connectivity index (χ0v) is 18.7. The minimum absolute atomic E-state index is 0.144. The van der Waals surface area contributed by atoms with Gasteiger partial charge >= 0.3 is 0 Å². The summed E-state index contributed by atoms with van der Waals surface area (Å²) in [5, 5.41) is 6.42. The van der Waals surface area contributed by atoms with Gasteiger partial charge < -0.3 is 19.2 Å². The van der Waals surface area contributed by atoms with Crippen molar-refractivity contribution in [1.82, 2.24) is 10.3 Å². The SMILES string of the molecule is COc1ccc(C(=O)NC(=S)Nc2ccc3oc(-c4ccc(Cl)cc4)nc3c2)cc1OC. The van der Waals surface area contributed by atoms with Crippen LogP contribution < -0.4 is 20.1 Å². The van der Waals surface area contributed by atoms with Crippen LogP contribution in [0.25, 0.3) is 22.6 Å². The number of nitrogens with one attached hydrogen (secondary N) is 2. The Hall–Kier alpha value is -3.62. The lowest BCUT2D eigenvalue weighted by Crippen LogP contribution is -2.34. The number of methoxy groups -OCH3 is 2. The number of amides is 1. The molecule has 0 aliphatic rings. The largest absolute Gasteiger partial charge is 0.493 e. The predicted octanol–water partition coefficient (Wildman–Crippen LogP) is 5.29. The van der Waals surface area contributed by atoms with Gasteiger partial charge in [-0.25, -0.2) is 4.98 Å². The Morgan fingerprint density at radius 3 is 2.47 bits per heavy atom. The van der Waals surface area contributed by atoms with Crippen molar-refractivity contribution < 1.29 is 18.7 Å². The third-order valence-electron chi connectivity index (χ3n) is 4.61. The number of fused-ring (bicyclic) bond motifs is 1. The Labute approximate surface area is 194 Å². The molecule has 0 bridgehead atoms. The number of benzene rings is 3. The van der Waals surface area contributed by atoms with E-state index < -0.39 is 0 Å². The minimum atomic E-state index is -0.379. The summed E-state index contributed by atoms with van der Waals surface area (Å²) in [4.78, 5) is 17.1. The molecule has 32 heavy (non-hydrogen) atoms. The second kappa shape index (κ2) is 9.25. The number of carbonyl (C=O) groups is 1. The highest BCUT2D eigenvalue weighted by Crippen LogP contribution is 2.28. The summed E-state index contributed by atoms with van der Waals surface area (Å²) < 4.78 is 16.2. The molecule has 0 saturated heterocycles. The van der Waals surface area contributed by atoms with Gasteiger partial charge in [0.05, 0.1) is 14.2 Å². The first-order valence-electron chi connectivity index (χ1n) is 9.47. The summed E-state index contributed by atoms with van der Waals surface area (Å²) in [6.45, 7) is 0. The molecule has 9 heteroatoms. The van der Waals surface area contributed by atoms with Crippen molar-refractivity contribution in [3.63, 3.8) is 0 Å². The highest BCUT2D eigenvalue weighted by molar-refractivity contribution is 7.80. The number of thiocarbonyl (C=S) groups is 1. The Bertz CT molecular complexity index is 1300. The number of rotatable bonds is 5. The van der Waals surface area contributed by atoms with E-state index in [4.69, 9.17) is 37.7 Å². The van der Waals surface area contributed by atoms with Crippen LogP contribution in [0.2, 0.25) is 5.02 Å². The minimum Gasteiger partial charge on any atom is -0.493 e. The van der Waals surface area contributed by atoms with Crippen molar-refractivity contribution in [2.24, 2.45) is 0 Å². The highest BCUT2D eigenvalue weighted by atomic mass is 35.5. The third-order valence-corrected chi connectivity index (χ3v) is 5.07. The summed E-state index contributed by atoms with van der Waals surface area (Å²) in [6, 6.07) is 17.4. The molecule has 2 N–H and O–H groups in total. The molecule has 0 fully saturated rings. The molecule has 1 aromatic heterocycles. The molecular formula is C23H18ClN3O4S. The molecule has 162 valence electrons. The monoisotopic (exact) mass is 467 g/mol. The summed E-state index contributed by atoms with van der Waals surface area (Å²) >= 11 is 11.2. The molecular weight excluding hydrogens is 450 g/mol. The van der Waals surface area contributed by atoms with Crippen LogP contribution in [0.4, 0.5) is 5.69 Å². The van der Waals surface area contributed by atoms with Crippen molar-refractivity contribution in [3.05, 3.63) is 71.2 Å². The summed E-state index contributed by atoms with van der Waals surface area (Å²) in [6.07, 6.45) is 0. The van der Waals surface area contributed by atoms with Gasteiger partial charge in [0, 0.05) is 21.8 Å². The predicted molar refractivity (Wildman–Crippen MR) is 128 cm³/mol. The smallest absolute Gasteiger partial charge is 0.257 e. The molecule has 3 aromatic carbocycles. The number of nitrogens with zero attached hydrogens (tertiary/aromatic N) is 1. The van der Waals surface area contributed by atoms with Crippen LogP contribution in [0.1, 0.15) is 10.4 Å². The van der Waals surface area contributed by atoms with Crippen molar-refractivity contribution in [1.29, 1.82) is 0 Å². The Balaban J connectivity index is 1.46. The van der Waals surface area contributed by atoms with Gasteiger partial charge in [-0.15, -0.1) is 0 Å². The molecule has 0 aliphatic heterocycles. The van der Waals surface area contributed by atoms with Gasteiger partial charge in [0.1, 0.15) is 5.52 Å². The normalized spacial score (nSPS) is 10.6. The van der Waals surface area contributed by atoms with Crippen molar-refractivity contribution in [3.8, 4) is 23.0 Å². The number of ether oxygens (including phenoxy) is 2. The van der Waals surface area contributed by atoms with E-state index in [1.165, 1.54) is 14.2 Å². The first kappa shape index (κ1) is 21.6. The zero-order chi connectivity index (χ0) is 22.7. The quantitative estimate of drug-likeness (QED) is 0.385. The fourth-order valence-electron chi connectivity index (χ4n) is 3.04. The number of hydrogen-bond acceptors (Lipinski definition) is 6. The van der Waals surface area contributed by atoms with E-state index in [0.29, 0.717) is 44.8 Å². The first-order valence-corrected chi connectivity index (χ1v) is 10.3. The fourth-order valence-corrected chi connectivity index (χ4v) is 3.37. The summed E-state index contributed by atoms with van der Waals surface area (Å²) in [7, 11) is 3.03. The molecule has 0 radical (unpaired) electrons. The molecule has 4 rings (SSSR count). The molecule has 0 atom stereocenters. The van der Waals surface area contributed by atoms with E-state index in [2.05, 4.69) is 15.6 Å². The highest BCUT2D eigenvalue weighted by Gasteiger charge is 2.13. The van der Waals surface area contributed by atoms with Crippen LogP contribution in [0.5, 0.6) is 11.5 Å². The standard InChI is InChI=1S/C23H18ClN3O4S/c1-29-19-9-5-14(11-20(19)30-2)21(28)27-23(32)25-16-8-10-18-17(12-16)26-22(31-18)13-3-6-15(24)7-4-13/h3-12H,1-2H3,(H2,25,27,28,32). The van der Waals surface area contributed by atoms with Gasteiger partial charge in [-0.1, -0.05) is 11.6 Å². The van der Waals surface area contributed by atoms with Crippen LogP contribution in [-0.2, 0) is 0 Å². The van der Waals surface area contributed by atoms with Gasteiger partial charge in [0.2, 0.25) is 5.89 Å². The van der Waals surface area contributed by atoms with Crippen LogP contribution in [0, 0.1) is 0 Å². The summed E-state index contributed by atoms with van der Waals surface area (Å²) in [5.74, 6) is 1.09. The van der Waals surface area contributed by atoms with E-state index in [1.807, 2.05) is 12.1 Å². The van der Waals surface area contributed by atoms with E-state index in [1.54, 1.807) is 48.5 Å². The lowest BCUT2D eigenvalue weighted by Gasteiger charge is -2.11. The lowest BCUT2D eigenvalue weighted by atomic mass is 10.2. The molecule has 4 aromatic rings. The van der Waals surface area contributed by atoms with Crippen LogP contribution in [0.3, 0.4) is 0 Å². The van der Waals surface area contributed by atoms with E-state index in [-0.39, 0.29) is 11.0 Å². The molecule has 1 amide bonds. The van der Waals surface area contributed by atoms with Crippen molar-refractivity contribution in [2.45, 2.75) is 0 Å². The fraction of sp³-hybridized carbons (Fsp3) is 0.0870. The molecule has 0 spiro atoms. The van der Waals surface area contributed by atoms with Gasteiger partial charge in [0.25, 0.3) is 5.91 Å². The van der Waals surface area contributed by atoms with E-state index in [9.17, 15) is 4.79 Å². The molecule has 0 aliphatic carbocycles. The van der Waals surface area contributed by atoms with E-state index in [0.717, 1.165) is 5.56 Å². The van der Waals surface area contributed by atoms with Crippen LogP contribution >= 0.6 is 23.8 Å². The second-order valence-electron chi connectivity index (χ2n) is 6.69. The van der Waals surface area contributed by atoms with Gasteiger partial charge in [-0.05, 0) is 72.9 Å². The van der Waals surface area contributed by atoms with Crippen molar-refractivity contribution >= 4 is 51.6 Å². The average molecular weight is 468 g/mol. The number of carbonyl (C=O) groups excluding carboxylic acids is 1. The van der Waals surface area contributed by atoms with Crippen molar-refractivity contribution in [2.75, 3.05) is 19.5 Å². The number of hydrogen-bond donors (Lipinski definition) is 2. The number of halogens is 1. The summed E-state index contributed by atoms with van der Waals surface area (Å²) in [5.41, 5.74) is 3.13. The molecule has 0 unspecified atom stereocenters. The van der Waals surface area contributed by atoms with Crippen LogP contribution in [0.15, 0.2) is 65.1 Å². The third kappa shape index (κ3) is 4.66. The molecule has 1 heterocycles. The topological polar surface area (TPSA) is 85.6 Å². The number of anilines is 1. The maximum Gasteiger partial charge on any atom is 0.257 e. The maximum atomic E-state index is 12.5. The molecule has 7 nitrogen and oxygen atoms in total. The van der Waals surface area contributed by atoms with E-state index >= 15 is 0 Å². The van der Waals surface area contributed by atoms with Gasteiger partial charge in [-0.3, -0.25) is 10.1 Å². The lowest BCUT2D eigenvalue weighted by molar-refractivity contribution is 0.0977. The van der Waals surface area contributed by atoms with Crippen LogP contribution in [-0.4, -0.2) is 30.2 Å². The number of aromatic nitrogens is 1. The zero-order valence-electron chi connectivity index (χ0n) is 17.1. The van der Waals surface area contributed by atoms with Gasteiger partial charge in [0.15, 0.2) is 22.2 Å². The molecule has 0 saturated carbocycles. The van der Waals surface area contributed by atoms with Gasteiger partial charge in [-0.2, -0.15) is 0 Å². The Morgan fingerprint density at radius 1 is 1.00 bits per heavy atom. The number of oxazole rings is 1. The maximum absolute atomic E-state index is 12.5. The second-order valence-corrected chi connectivity index (χ2v) is 7.53. The first-order chi connectivity index (χ1) is 15.5. The Kier molecular flexibility index (Phi) is 6.25. The Morgan fingerprint density at radius 2 is 1.75 bits per heavy atom.